The molecule has 0 aromatic heterocycles. The Morgan fingerprint density at radius 1 is 0.381 bits per heavy atom. The van der Waals surface area contributed by atoms with E-state index in [9.17, 15) is 0 Å². The number of rotatable bonds is 4. The summed E-state index contributed by atoms with van der Waals surface area (Å²) >= 11 is -3.72. The summed E-state index contributed by atoms with van der Waals surface area (Å²) in [7, 11) is 0. The van der Waals surface area contributed by atoms with Crippen LogP contribution in [-0.2, 0) is 41.9 Å². The molecule has 0 amide bonds. The van der Waals surface area contributed by atoms with Gasteiger partial charge in [-0.25, -0.2) is 0 Å². The molecule has 0 bridgehead atoms. The van der Waals surface area contributed by atoms with Crippen molar-refractivity contribution in [3.05, 3.63) is 93.2 Å². The predicted molar refractivity (Wildman–Crippen MR) is 182 cm³/mol. The minimum atomic E-state index is -1.86. The van der Waals surface area contributed by atoms with Crippen LogP contribution in [0.4, 0.5) is 0 Å². The van der Waals surface area contributed by atoms with Crippen molar-refractivity contribution in [1.82, 2.24) is 0 Å². The molecule has 0 heterocycles. The molecule has 4 heteroatoms. The molecule has 0 saturated carbocycles. The maximum atomic E-state index is 4.83. The van der Waals surface area contributed by atoms with Gasteiger partial charge in [0.05, 0.1) is 0 Å². The Labute approximate surface area is 283 Å². The second-order valence-corrected chi connectivity index (χ2v) is 30.7. The van der Waals surface area contributed by atoms with Crippen molar-refractivity contribution in [3.63, 3.8) is 0 Å². The molecule has 0 fully saturated rings. The Morgan fingerprint density at radius 3 is 0.833 bits per heavy atom. The van der Waals surface area contributed by atoms with Crippen LogP contribution in [0.5, 0.6) is 0 Å². The Bertz CT molecular complexity index is 1160. The summed E-state index contributed by atoms with van der Waals surface area (Å²) < 4.78 is 13.0. The zero-order valence-electron chi connectivity index (χ0n) is 25.5. The molecule has 8 aliphatic rings. The first-order valence-electron chi connectivity index (χ1n) is 16.7. The number of hydrogen-bond acceptors (Lipinski definition) is 0. The summed E-state index contributed by atoms with van der Waals surface area (Å²) in [6.07, 6.45) is 42.3. The first kappa shape index (κ1) is 33.3. The Hall–Kier alpha value is -0.0197. The third kappa shape index (κ3) is 6.59. The van der Waals surface area contributed by atoms with Crippen LogP contribution in [-0.4, -0.2) is 8.52 Å². The standard InChI is InChI=1S/4C9H11.2CH2.2ClH.2Hf/c4*1-2-5-9-7-3-6-8(9)4-1;;;;;;/h4*3,6-7H,1-2,4-5H2;2*1H2;2*1H;;. The summed E-state index contributed by atoms with van der Waals surface area (Å²) in [6.45, 7) is 0. The van der Waals surface area contributed by atoms with Gasteiger partial charge in [-0.1, -0.05) is 0 Å². The van der Waals surface area contributed by atoms with Gasteiger partial charge in [0.1, 0.15) is 0 Å². The van der Waals surface area contributed by atoms with Crippen molar-refractivity contribution in [2.45, 2.75) is 117 Å². The zero-order chi connectivity index (χ0) is 27.1. The van der Waals surface area contributed by atoms with Crippen molar-refractivity contribution in [2.75, 3.05) is 0 Å². The molecular formula is C38H50Cl2Hf2. The molecule has 4 atom stereocenters. The number of halogens is 2. The molecule has 0 aliphatic heterocycles. The second-order valence-electron chi connectivity index (χ2n) is 13.5. The average Bonchev–Trinajstić information content (AvgIpc) is 3.80. The average molecular weight is 935 g/mol. The van der Waals surface area contributed by atoms with E-state index < -0.39 is 41.9 Å². The molecule has 42 heavy (non-hydrogen) atoms. The van der Waals surface area contributed by atoms with Crippen molar-refractivity contribution >= 4 is 33.3 Å². The molecule has 0 radical (unpaired) electrons. The van der Waals surface area contributed by atoms with E-state index in [0.29, 0.717) is 0 Å². The van der Waals surface area contributed by atoms with Gasteiger partial charge in [-0.3, -0.25) is 0 Å². The molecule has 0 N–H and O–H groups in total. The van der Waals surface area contributed by atoms with E-state index in [2.05, 4.69) is 48.6 Å². The van der Waals surface area contributed by atoms with Crippen LogP contribution in [0, 0.1) is 0 Å². The maximum absolute atomic E-state index is 4.83. The predicted octanol–water partition coefficient (Wildman–Crippen LogP) is 11.8. The summed E-state index contributed by atoms with van der Waals surface area (Å²) in [5.74, 6) is 0. The van der Waals surface area contributed by atoms with Crippen LogP contribution in [0.2, 0.25) is 14.7 Å². The third-order valence-electron chi connectivity index (χ3n) is 11.3. The van der Waals surface area contributed by atoms with E-state index in [4.69, 9.17) is 8.52 Å². The fraction of sp³-hybridized carbons (Fsp3) is 0.526. The Balaban J connectivity index is 0.000000160. The van der Waals surface area contributed by atoms with Gasteiger partial charge in [0.25, 0.3) is 0 Å². The molecule has 0 aromatic carbocycles. The molecular weight excluding hydrogens is 884 g/mol. The van der Waals surface area contributed by atoms with E-state index in [-0.39, 0.29) is 24.8 Å². The van der Waals surface area contributed by atoms with E-state index in [1.165, 1.54) is 103 Å². The van der Waals surface area contributed by atoms with Crippen LogP contribution < -0.4 is 0 Å². The summed E-state index contributed by atoms with van der Waals surface area (Å²) in [5, 5.41) is 0. The molecule has 8 aliphatic carbocycles. The molecule has 4 unspecified atom stereocenters. The summed E-state index contributed by atoms with van der Waals surface area (Å²) in [5.41, 5.74) is 14.1. The van der Waals surface area contributed by atoms with Gasteiger partial charge >= 0.3 is 261 Å². The molecule has 8 rings (SSSR count). The molecule has 0 nitrogen and oxygen atoms in total. The molecule has 0 spiro atoms. The van der Waals surface area contributed by atoms with Crippen LogP contribution in [0.25, 0.3) is 0 Å². The molecule has 0 aromatic rings. The van der Waals surface area contributed by atoms with Gasteiger partial charge in [-0.2, -0.15) is 0 Å². The van der Waals surface area contributed by atoms with Crippen LogP contribution in [0.3, 0.4) is 0 Å². The fourth-order valence-electron chi connectivity index (χ4n) is 9.08. The fourth-order valence-corrected chi connectivity index (χ4v) is 28.0. The van der Waals surface area contributed by atoms with E-state index >= 15 is 0 Å². The van der Waals surface area contributed by atoms with Crippen molar-refractivity contribution in [3.8, 4) is 0 Å². The first-order valence-corrected chi connectivity index (χ1v) is 30.0. The molecule has 224 valence electrons. The monoisotopic (exact) mass is 936 g/mol. The van der Waals surface area contributed by atoms with Crippen LogP contribution in [0.15, 0.2) is 93.2 Å². The van der Waals surface area contributed by atoms with Crippen molar-refractivity contribution < 1.29 is 41.9 Å². The first-order chi connectivity index (χ1) is 19.7. The van der Waals surface area contributed by atoms with Crippen molar-refractivity contribution in [1.29, 1.82) is 0 Å². The minimum absolute atomic E-state index is 0. The Morgan fingerprint density at radius 2 is 0.595 bits per heavy atom. The van der Waals surface area contributed by atoms with Gasteiger partial charge in [-0.05, 0) is 0 Å². The Kier molecular flexibility index (Phi) is 11.9. The second kappa shape index (κ2) is 15.0. The van der Waals surface area contributed by atoms with Gasteiger partial charge in [0.15, 0.2) is 0 Å². The van der Waals surface area contributed by atoms with Crippen molar-refractivity contribution in [2.24, 2.45) is 0 Å². The molecule has 0 saturated heterocycles. The quantitative estimate of drug-likeness (QED) is 0.247. The number of allylic oxidation sites excluding steroid dienone is 16. The van der Waals surface area contributed by atoms with Gasteiger partial charge in [0.2, 0.25) is 0 Å². The third-order valence-corrected chi connectivity index (χ3v) is 30.5. The number of hydrogen-bond donors (Lipinski definition) is 0. The summed E-state index contributed by atoms with van der Waals surface area (Å²) in [6, 6.07) is 0. The summed E-state index contributed by atoms with van der Waals surface area (Å²) in [4.78, 5) is 0. The van der Waals surface area contributed by atoms with E-state index in [1.54, 1.807) is 22.3 Å². The normalized spacial score (nSPS) is 30.3. The van der Waals surface area contributed by atoms with Crippen LogP contribution in [0.1, 0.15) is 103 Å². The zero-order valence-corrected chi connectivity index (χ0v) is 34.3. The van der Waals surface area contributed by atoms with Gasteiger partial charge in [-0.15, -0.1) is 24.8 Å². The van der Waals surface area contributed by atoms with Gasteiger partial charge in [0, 0.05) is 0 Å². The topological polar surface area (TPSA) is 0 Å². The van der Waals surface area contributed by atoms with Crippen LogP contribution >= 0.6 is 24.8 Å². The SMILES string of the molecule is Cl.Cl.[CH2]=[Hf]([CH]1C=CC2=C1CCCC2)[CH]1C=CC2=C1CCCC2.[CH2]=[Hf]([CH]1C=CC2=C1CCCC2)[CH]1C=CC2=C1CCCC2. The van der Waals surface area contributed by atoms with Gasteiger partial charge < -0.3 is 0 Å². The van der Waals surface area contributed by atoms with E-state index in [1.807, 2.05) is 22.3 Å². The van der Waals surface area contributed by atoms with E-state index in [0.717, 1.165) is 14.7 Å².